The summed E-state index contributed by atoms with van der Waals surface area (Å²) >= 11 is 2.78. The molecule has 4 rings (SSSR count). The maximum Gasteiger partial charge on any atom is 0.276 e. The molecule has 1 fully saturated rings. The first-order chi connectivity index (χ1) is 14.4. The van der Waals surface area contributed by atoms with Gasteiger partial charge < -0.3 is 9.73 Å². The van der Waals surface area contributed by atoms with Gasteiger partial charge in [-0.3, -0.25) is 4.79 Å². The van der Waals surface area contributed by atoms with Crippen molar-refractivity contribution >= 4 is 44.5 Å². The van der Waals surface area contributed by atoms with Gasteiger partial charge in [-0.15, -0.1) is 21.5 Å². The van der Waals surface area contributed by atoms with Gasteiger partial charge in [0.25, 0.3) is 5.22 Å². The van der Waals surface area contributed by atoms with Crippen molar-refractivity contribution in [1.29, 1.82) is 0 Å². The maximum atomic E-state index is 12.2. The summed E-state index contributed by atoms with van der Waals surface area (Å²) in [6.07, 6.45) is 0.735. The van der Waals surface area contributed by atoms with Gasteiger partial charge in [-0.05, 0) is 25.5 Å². The van der Waals surface area contributed by atoms with Gasteiger partial charge in [0.05, 0.1) is 29.5 Å². The van der Waals surface area contributed by atoms with Crippen molar-refractivity contribution in [3.63, 3.8) is 0 Å². The lowest BCUT2D eigenvalue weighted by atomic mass is 10.1. The van der Waals surface area contributed by atoms with Crippen molar-refractivity contribution in [3.8, 4) is 0 Å². The normalized spacial score (nSPS) is 17.8. The molecule has 1 aliphatic rings. The molecule has 11 heteroatoms. The summed E-state index contributed by atoms with van der Waals surface area (Å²) < 4.78 is 28.8. The molecule has 0 spiro atoms. The highest BCUT2D eigenvalue weighted by Crippen LogP contribution is 2.30. The Morgan fingerprint density at radius 2 is 2.10 bits per heavy atom. The van der Waals surface area contributed by atoms with Gasteiger partial charge in [0.15, 0.2) is 9.84 Å². The molecule has 30 heavy (non-hydrogen) atoms. The molecule has 8 nitrogen and oxygen atoms in total. The van der Waals surface area contributed by atoms with Gasteiger partial charge in [0, 0.05) is 16.8 Å². The fourth-order valence-electron chi connectivity index (χ4n) is 3.04. The molecule has 1 unspecified atom stereocenters. The second kappa shape index (κ2) is 8.86. The second-order valence-corrected chi connectivity index (χ2v) is 11.2. The molecule has 0 bridgehead atoms. The first-order valence-corrected chi connectivity index (χ1v) is 13.0. The second-order valence-electron chi connectivity index (χ2n) is 7.12. The Bertz CT molecular complexity index is 1140. The molecule has 0 saturated carbocycles. The number of anilines is 1. The molecule has 3 aromatic rings. The van der Waals surface area contributed by atoms with E-state index in [0.29, 0.717) is 23.3 Å². The number of aryl methyl sites for hydroxylation is 1. The molecule has 3 heterocycles. The summed E-state index contributed by atoms with van der Waals surface area (Å²) in [5.74, 6) is 0.822. The standard InChI is InChI=1S/C19H20N4O4S3/c1-12-2-4-14(5-3-12)20-16(24)8-17-21-15(9-28-17)10-29-19-23-22-18(27-19)13-6-7-30(25,26)11-13/h2-5,9,13H,6-8,10-11H2,1H3,(H,20,24). The van der Waals surface area contributed by atoms with Crippen LogP contribution in [0.5, 0.6) is 0 Å². The van der Waals surface area contributed by atoms with E-state index in [2.05, 4.69) is 20.5 Å². The van der Waals surface area contributed by atoms with E-state index in [1.807, 2.05) is 36.6 Å². The van der Waals surface area contributed by atoms with Crippen molar-refractivity contribution in [3.05, 3.63) is 51.8 Å². The Balaban J connectivity index is 1.28. The summed E-state index contributed by atoms with van der Waals surface area (Å²) in [6, 6.07) is 7.64. The minimum atomic E-state index is -2.99. The predicted molar refractivity (Wildman–Crippen MR) is 115 cm³/mol. The van der Waals surface area contributed by atoms with E-state index < -0.39 is 9.84 Å². The van der Waals surface area contributed by atoms with Gasteiger partial charge in [0.2, 0.25) is 11.8 Å². The van der Waals surface area contributed by atoms with Gasteiger partial charge in [-0.25, -0.2) is 13.4 Å². The van der Waals surface area contributed by atoms with Gasteiger partial charge >= 0.3 is 0 Å². The van der Waals surface area contributed by atoms with Crippen LogP contribution in [0.2, 0.25) is 0 Å². The summed E-state index contributed by atoms with van der Waals surface area (Å²) in [4.78, 5) is 16.7. The SMILES string of the molecule is Cc1ccc(NC(=O)Cc2nc(CSc3nnc(C4CCS(=O)(=O)C4)o3)cs2)cc1. The monoisotopic (exact) mass is 464 g/mol. The Morgan fingerprint density at radius 1 is 1.30 bits per heavy atom. The molecule has 1 aliphatic heterocycles. The smallest absolute Gasteiger partial charge is 0.276 e. The lowest BCUT2D eigenvalue weighted by Gasteiger charge is -2.04. The van der Waals surface area contributed by atoms with E-state index in [1.165, 1.54) is 23.1 Å². The van der Waals surface area contributed by atoms with Crippen molar-refractivity contribution in [2.75, 3.05) is 16.8 Å². The Kier molecular flexibility index (Phi) is 6.21. The van der Waals surface area contributed by atoms with E-state index in [0.717, 1.165) is 22.0 Å². The van der Waals surface area contributed by atoms with Crippen LogP contribution in [0.4, 0.5) is 5.69 Å². The molecule has 158 valence electrons. The van der Waals surface area contributed by atoms with Gasteiger partial charge in [0.1, 0.15) is 5.01 Å². The molecule has 0 radical (unpaired) electrons. The van der Waals surface area contributed by atoms with Gasteiger partial charge in [-0.2, -0.15) is 0 Å². The third kappa shape index (κ3) is 5.46. The minimum absolute atomic E-state index is 0.0688. The lowest BCUT2D eigenvalue weighted by molar-refractivity contribution is -0.115. The average Bonchev–Trinajstić information content (AvgIpc) is 3.42. The zero-order valence-corrected chi connectivity index (χ0v) is 18.6. The first kappa shape index (κ1) is 21.0. The van der Waals surface area contributed by atoms with Crippen LogP contribution in [0, 0.1) is 6.92 Å². The number of hydrogen-bond donors (Lipinski definition) is 1. The van der Waals surface area contributed by atoms with E-state index in [-0.39, 0.29) is 29.8 Å². The number of thiazole rings is 1. The van der Waals surface area contributed by atoms with E-state index in [1.54, 1.807) is 0 Å². The number of hydrogen-bond acceptors (Lipinski definition) is 9. The summed E-state index contributed by atoms with van der Waals surface area (Å²) in [5, 5.41) is 13.9. The maximum absolute atomic E-state index is 12.2. The summed E-state index contributed by atoms with van der Waals surface area (Å²) in [7, 11) is -2.99. The third-order valence-electron chi connectivity index (χ3n) is 4.59. The number of carbonyl (C=O) groups is 1. The van der Waals surface area contributed by atoms with Crippen molar-refractivity contribution in [2.24, 2.45) is 0 Å². The molecular formula is C19H20N4O4S3. The number of nitrogens with one attached hydrogen (secondary N) is 1. The third-order valence-corrected chi connectivity index (χ3v) is 8.11. The number of benzene rings is 1. The number of amides is 1. The molecule has 1 saturated heterocycles. The fraction of sp³-hybridized carbons (Fsp3) is 0.368. The van der Waals surface area contributed by atoms with Crippen LogP contribution in [-0.4, -0.2) is 41.0 Å². The highest BCUT2D eigenvalue weighted by atomic mass is 32.2. The average molecular weight is 465 g/mol. The molecule has 1 amide bonds. The number of carbonyl (C=O) groups excluding carboxylic acids is 1. The van der Waals surface area contributed by atoms with Crippen molar-refractivity contribution < 1.29 is 17.6 Å². The minimum Gasteiger partial charge on any atom is -0.416 e. The quantitative estimate of drug-likeness (QED) is 0.530. The predicted octanol–water partition coefficient (Wildman–Crippen LogP) is 3.21. The highest BCUT2D eigenvalue weighted by Gasteiger charge is 2.32. The van der Waals surface area contributed by atoms with Crippen LogP contribution in [0.25, 0.3) is 0 Å². The fourth-order valence-corrected chi connectivity index (χ4v) is 6.34. The van der Waals surface area contributed by atoms with Crippen LogP contribution >= 0.6 is 23.1 Å². The van der Waals surface area contributed by atoms with E-state index in [9.17, 15) is 13.2 Å². The number of thioether (sulfide) groups is 1. The molecule has 1 aromatic carbocycles. The lowest BCUT2D eigenvalue weighted by Crippen LogP contribution is -2.14. The molecule has 1 atom stereocenters. The zero-order chi connectivity index (χ0) is 21.1. The van der Waals surface area contributed by atoms with Crippen molar-refractivity contribution in [1.82, 2.24) is 15.2 Å². The first-order valence-electron chi connectivity index (χ1n) is 9.33. The number of sulfone groups is 1. The van der Waals surface area contributed by atoms with Crippen molar-refractivity contribution in [2.45, 2.75) is 36.7 Å². The van der Waals surface area contributed by atoms with E-state index >= 15 is 0 Å². The largest absolute Gasteiger partial charge is 0.416 e. The molecular weight excluding hydrogens is 444 g/mol. The Labute approximate surface area is 182 Å². The summed E-state index contributed by atoms with van der Waals surface area (Å²) in [5.41, 5.74) is 2.73. The van der Waals surface area contributed by atoms with Crippen LogP contribution in [0.1, 0.15) is 34.5 Å². The number of nitrogens with zero attached hydrogens (tertiary/aromatic N) is 3. The molecule has 0 aliphatic carbocycles. The van der Waals surface area contributed by atoms with Crippen LogP contribution in [-0.2, 0) is 26.8 Å². The van der Waals surface area contributed by atoms with E-state index in [4.69, 9.17) is 4.42 Å². The van der Waals surface area contributed by atoms with Crippen LogP contribution in [0.15, 0.2) is 39.3 Å². The summed E-state index contributed by atoms with van der Waals surface area (Å²) in [6.45, 7) is 2.00. The highest BCUT2D eigenvalue weighted by molar-refractivity contribution is 7.98. The molecule has 1 N–H and O–H groups in total. The Hall–Kier alpha value is -2.24. The van der Waals surface area contributed by atoms with Crippen LogP contribution in [0.3, 0.4) is 0 Å². The number of rotatable bonds is 7. The van der Waals surface area contributed by atoms with Crippen LogP contribution < -0.4 is 5.32 Å². The van der Waals surface area contributed by atoms with Gasteiger partial charge in [-0.1, -0.05) is 29.5 Å². The topological polar surface area (TPSA) is 115 Å². The number of aromatic nitrogens is 3. The zero-order valence-electron chi connectivity index (χ0n) is 16.2. The Morgan fingerprint density at radius 3 is 2.83 bits per heavy atom. The molecule has 2 aromatic heterocycles.